The number of hydrogen-bond acceptors (Lipinski definition) is 18. The molecule has 0 aromatic carbocycles. The van der Waals surface area contributed by atoms with E-state index < -0.39 is 124 Å². The molecular weight excluding hydrogens is 1210 g/mol. The first kappa shape index (κ1) is 86.2. The maximum Gasteiger partial charge on any atom is 0.220 e. The molecule has 0 radical (unpaired) electrons. The summed E-state index contributed by atoms with van der Waals surface area (Å²) in [4.78, 5) is 13.4. The smallest absolute Gasteiger partial charge is 0.220 e. The van der Waals surface area contributed by atoms with Crippen molar-refractivity contribution in [2.24, 2.45) is 0 Å². The Bertz CT molecular complexity index is 2050. The van der Waals surface area contributed by atoms with E-state index in [0.717, 1.165) is 89.9 Å². The molecule has 95 heavy (non-hydrogen) atoms. The first-order valence-corrected chi connectivity index (χ1v) is 37.3. The van der Waals surface area contributed by atoms with Crippen LogP contribution in [0.3, 0.4) is 0 Å². The van der Waals surface area contributed by atoms with Crippen molar-refractivity contribution in [2.45, 2.75) is 362 Å². The lowest BCUT2D eigenvalue weighted by Crippen LogP contribution is -2.66. The SMILES string of the molecule is CC/C=C\C/C=C\C/C=C\C/C=C\C/C=C\C/C=C\C/C=C\CCCCCCCCCCCCCCCCCCCC(=O)NC(COC1OC(CO)C(OC2OC(CO)C(OC3OC(CO)C(O)C(O)C3O)C(O)C2O)C(O)C1O)C(O)CCCCCCCCCCCCC. The highest BCUT2D eigenvalue weighted by atomic mass is 16.8. The van der Waals surface area contributed by atoms with E-state index in [0.29, 0.717) is 12.8 Å². The zero-order valence-corrected chi connectivity index (χ0v) is 58.4. The van der Waals surface area contributed by atoms with Crippen LogP contribution in [0.15, 0.2) is 85.1 Å². The number of carbonyl (C=O) groups excluding carboxylic acids is 1. The zero-order valence-electron chi connectivity index (χ0n) is 58.4. The van der Waals surface area contributed by atoms with Crippen molar-refractivity contribution in [3.63, 3.8) is 0 Å². The number of hydrogen-bond donors (Lipinski definition) is 12. The summed E-state index contributed by atoms with van der Waals surface area (Å²) in [6.07, 6.45) is 47.0. The summed E-state index contributed by atoms with van der Waals surface area (Å²) in [7, 11) is 0. The molecule has 3 fully saturated rings. The highest BCUT2D eigenvalue weighted by molar-refractivity contribution is 5.76. The molecule has 0 spiro atoms. The van der Waals surface area contributed by atoms with E-state index in [2.05, 4.69) is 104 Å². The van der Waals surface area contributed by atoms with Gasteiger partial charge in [-0.1, -0.05) is 266 Å². The van der Waals surface area contributed by atoms with Crippen molar-refractivity contribution in [1.82, 2.24) is 5.32 Å². The van der Waals surface area contributed by atoms with Crippen molar-refractivity contribution in [2.75, 3.05) is 26.4 Å². The van der Waals surface area contributed by atoms with E-state index in [9.17, 15) is 61.0 Å². The van der Waals surface area contributed by atoms with Crippen molar-refractivity contribution in [3.8, 4) is 0 Å². The van der Waals surface area contributed by atoms with Gasteiger partial charge in [0.1, 0.15) is 73.2 Å². The Morgan fingerprint density at radius 3 is 1.14 bits per heavy atom. The lowest BCUT2D eigenvalue weighted by atomic mass is 9.96. The second kappa shape index (κ2) is 56.7. The monoisotopic (exact) mass is 1350 g/mol. The van der Waals surface area contributed by atoms with Gasteiger partial charge in [0.2, 0.25) is 5.91 Å². The Morgan fingerprint density at radius 1 is 0.389 bits per heavy atom. The van der Waals surface area contributed by atoms with Gasteiger partial charge in [-0.2, -0.15) is 0 Å². The van der Waals surface area contributed by atoms with Crippen LogP contribution in [0.25, 0.3) is 0 Å². The fourth-order valence-corrected chi connectivity index (χ4v) is 12.2. The molecule has 1 amide bonds. The molecule has 0 bridgehead atoms. The maximum absolute atomic E-state index is 13.4. The predicted molar refractivity (Wildman–Crippen MR) is 374 cm³/mol. The lowest BCUT2D eigenvalue weighted by Gasteiger charge is -2.48. The van der Waals surface area contributed by atoms with Gasteiger partial charge >= 0.3 is 0 Å². The Morgan fingerprint density at radius 2 is 0.726 bits per heavy atom. The molecule has 12 N–H and O–H groups in total. The van der Waals surface area contributed by atoms with Crippen LogP contribution < -0.4 is 5.32 Å². The summed E-state index contributed by atoms with van der Waals surface area (Å²) in [5, 5.41) is 121. The van der Waals surface area contributed by atoms with E-state index in [-0.39, 0.29) is 18.9 Å². The predicted octanol–water partition coefficient (Wildman–Crippen LogP) is 11.1. The Hall–Kier alpha value is -3.03. The topological polar surface area (TPSA) is 307 Å². The number of aliphatic hydroxyl groups excluding tert-OH is 11. The Kier molecular flexibility index (Phi) is 51.4. The molecule has 0 aromatic rings. The fraction of sp³-hybridized carbons (Fsp3) is 0.803. The largest absolute Gasteiger partial charge is 0.394 e. The molecule has 0 aliphatic carbocycles. The average Bonchev–Trinajstić information content (AvgIpc) is 0.787. The summed E-state index contributed by atoms with van der Waals surface area (Å²) in [6.45, 7) is 1.67. The van der Waals surface area contributed by atoms with Gasteiger partial charge in [0, 0.05) is 6.42 Å². The fourth-order valence-electron chi connectivity index (χ4n) is 12.2. The molecule has 17 atom stereocenters. The number of ether oxygens (including phenoxy) is 6. The summed E-state index contributed by atoms with van der Waals surface area (Å²) in [5.41, 5.74) is 0. The van der Waals surface area contributed by atoms with Crippen LogP contribution in [-0.4, -0.2) is 193 Å². The van der Waals surface area contributed by atoms with E-state index in [4.69, 9.17) is 28.4 Å². The van der Waals surface area contributed by atoms with Crippen LogP contribution in [0.1, 0.15) is 258 Å². The molecule has 19 nitrogen and oxygen atoms in total. The van der Waals surface area contributed by atoms with Gasteiger partial charge in [0.25, 0.3) is 0 Å². The molecule has 0 aromatic heterocycles. The quantitative estimate of drug-likeness (QED) is 0.0199. The van der Waals surface area contributed by atoms with Gasteiger partial charge in [0.15, 0.2) is 18.9 Å². The first-order valence-electron chi connectivity index (χ1n) is 37.3. The number of aliphatic hydroxyl groups is 11. The van der Waals surface area contributed by atoms with Gasteiger partial charge in [-0.25, -0.2) is 0 Å². The minimum Gasteiger partial charge on any atom is -0.394 e. The number of unbranched alkanes of at least 4 members (excludes halogenated alkanes) is 27. The molecule has 19 heteroatoms. The molecule has 3 saturated heterocycles. The lowest BCUT2D eigenvalue weighted by molar-refractivity contribution is -0.379. The normalized spacial score (nSPS) is 27.7. The van der Waals surface area contributed by atoms with E-state index in [1.807, 2.05) is 0 Å². The number of nitrogens with one attached hydrogen (secondary N) is 1. The molecule has 550 valence electrons. The highest BCUT2D eigenvalue weighted by Crippen LogP contribution is 2.33. The minimum absolute atomic E-state index is 0.244. The van der Waals surface area contributed by atoms with Crippen LogP contribution in [0, 0.1) is 0 Å². The molecule has 0 saturated carbocycles. The summed E-state index contributed by atoms with van der Waals surface area (Å²) in [6, 6.07) is -0.888. The summed E-state index contributed by atoms with van der Waals surface area (Å²) in [5.74, 6) is -0.244. The average molecular weight is 1350 g/mol. The van der Waals surface area contributed by atoms with Gasteiger partial charge in [0.05, 0.1) is 38.6 Å². The number of amides is 1. The number of rotatable bonds is 57. The summed E-state index contributed by atoms with van der Waals surface area (Å²) < 4.78 is 34.4. The first-order chi connectivity index (χ1) is 46.3. The van der Waals surface area contributed by atoms with Crippen molar-refractivity contribution >= 4 is 5.91 Å². The standard InChI is InChI=1S/C76H133NO18/c1-3-5-7-9-11-13-15-16-17-18-19-20-21-22-23-24-25-26-27-28-29-30-31-32-33-34-35-36-37-38-39-40-41-42-44-46-48-50-52-54-64(82)77-59(60(81)53-51-49-47-45-43-14-12-10-8-6-4-2)58-90-74-70(88)67(85)72(62(56-79)92-74)95-76-71(89)68(86)73(63(57-80)93-76)94-75-69(87)66(84)65(83)61(55-78)91-75/h5,7,11,13,16-17,19-20,22-23,25-26,28-29,59-63,65-76,78-81,83-89H,3-4,6,8-10,12,14-15,18,21,24,27,30-58H2,1-2H3,(H,77,82)/b7-5-,13-11-,17-16-,20-19-,23-22-,26-25-,29-28-. The number of carbonyl (C=O) groups is 1. The van der Waals surface area contributed by atoms with Gasteiger partial charge < -0.3 is 89.9 Å². The van der Waals surface area contributed by atoms with Crippen LogP contribution in [0.2, 0.25) is 0 Å². The van der Waals surface area contributed by atoms with Crippen LogP contribution in [0.5, 0.6) is 0 Å². The van der Waals surface area contributed by atoms with Crippen LogP contribution in [-0.2, 0) is 33.2 Å². The molecule has 17 unspecified atom stereocenters. The minimum atomic E-state index is -1.97. The van der Waals surface area contributed by atoms with E-state index in [1.165, 1.54) is 135 Å². The van der Waals surface area contributed by atoms with Gasteiger partial charge in [-0.15, -0.1) is 0 Å². The molecule has 3 aliphatic rings. The number of allylic oxidation sites excluding steroid dienone is 14. The second-order valence-corrected chi connectivity index (χ2v) is 26.4. The second-order valence-electron chi connectivity index (χ2n) is 26.4. The van der Waals surface area contributed by atoms with E-state index in [1.54, 1.807) is 0 Å². The molecule has 3 aliphatic heterocycles. The molecular formula is C76H133NO18. The van der Waals surface area contributed by atoms with Gasteiger partial charge in [-0.05, 0) is 70.6 Å². The zero-order chi connectivity index (χ0) is 68.9. The third kappa shape index (κ3) is 37.8. The van der Waals surface area contributed by atoms with Crippen molar-refractivity contribution in [3.05, 3.63) is 85.1 Å². The summed E-state index contributed by atoms with van der Waals surface area (Å²) >= 11 is 0. The molecule has 3 heterocycles. The van der Waals surface area contributed by atoms with Crippen LogP contribution in [0.4, 0.5) is 0 Å². The van der Waals surface area contributed by atoms with Gasteiger partial charge in [-0.3, -0.25) is 4.79 Å². The Balaban J connectivity index is 1.29. The van der Waals surface area contributed by atoms with Crippen molar-refractivity contribution < 1.29 is 89.4 Å². The Labute approximate surface area is 571 Å². The molecule has 3 rings (SSSR count). The van der Waals surface area contributed by atoms with E-state index >= 15 is 0 Å². The van der Waals surface area contributed by atoms with Crippen LogP contribution >= 0.6 is 0 Å². The third-order valence-electron chi connectivity index (χ3n) is 18.2. The maximum atomic E-state index is 13.4. The highest BCUT2D eigenvalue weighted by Gasteiger charge is 2.53. The van der Waals surface area contributed by atoms with Crippen molar-refractivity contribution in [1.29, 1.82) is 0 Å². The third-order valence-corrected chi connectivity index (χ3v) is 18.2.